The molecule has 0 aromatic rings. The van der Waals surface area contributed by atoms with Crippen LogP contribution in [-0.2, 0) is 14.3 Å². The maximum absolute atomic E-state index is 11.9. The molecule has 0 saturated carbocycles. The van der Waals surface area contributed by atoms with E-state index in [1.165, 1.54) is 0 Å². The SMILES string of the molecule is CC(C)(C)OC(=O)CCC(=O)N1CCC[C@H]1CO. The number of hydrogen-bond acceptors (Lipinski definition) is 4. The second-order valence-electron chi connectivity index (χ2n) is 5.65. The Bertz CT molecular complexity index is 309. The molecule has 18 heavy (non-hydrogen) atoms. The van der Waals surface area contributed by atoms with Crippen molar-refractivity contribution in [1.29, 1.82) is 0 Å². The van der Waals surface area contributed by atoms with Crippen molar-refractivity contribution in [1.82, 2.24) is 4.90 Å². The van der Waals surface area contributed by atoms with Gasteiger partial charge in [-0.3, -0.25) is 9.59 Å². The van der Waals surface area contributed by atoms with Crippen molar-refractivity contribution >= 4 is 11.9 Å². The van der Waals surface area contributed by atoms with Crippen molar-refractivity contribution in [3.63, 3.8) is 0 Å². The summed E-state index contributed by atoms with van der Waals surface area (Å²) in [6, 6.07) is -0.0730. The summed E-state index contributed by atoms with van der Waals surface area (Å²) in [4.78, 5) is 25.0. The molecular formula is C13H23NO4. The number of carbonyl (C=O) groups is 2. The van der Waals surface area contributed by atoms with E-state index < -0.39 is 5.60 Å². The van der Waals surface area contributed by atoms with Crippen molar-refractivity contribution in [2.45, 2.75) is 58.1 Å². The third kappa shape index (κ3) is 4.64. The van der Waals surface area contributed by atoms with Gasteiger partial charge in [0.05, 0.1) is 19.1 Å². The van der Waals surface area contributed by atoms with Crippen LogP contribution < -0.4 is 0 Å². The van der Waals surface area contributed by atoms with Gasteiger partial charge in [0, 0.05) is 13.0 Å². The molecule has 0 unspecified atom stereocenters. The number of aliphatic hydroxyl groups is 1. The summed E-state index contributed by atoms with van der Waals surface area (Å²) < 4.78 is 5.14. The van der Waals surface area contributed by atoms with Crippen LogP contribution in [0.2, 0.25) is 0 Å². The van der Waals surface area contributed by atoms with Crippen LogP contribution in [0, 0.1) is 0 Å². The van der Waals surface area contributed by atoms with Crippen molar-refractivity contribution < 1.29 is 19.4 Å². The second-order valence-corrected chi connectivity index (χ2v) is 5.65. The number of nitrogens with zero attached hydrogens (tertiary/aromatic N) is 1. The van der Waals surface area contributed by atoms with Gasteiger partial charge in [0.15, 0.2) is 0 Å². The zero-order valence-corrected chi connectivity index (χ0v) is 11.4. The highest BCUT2D eigenvalue weighted by Crippen LogP contribution is 2.18. The first kappa shape index (κ1) is 15.0. The van der Waals surface area contributed by atoms with Crippen LogP contribution in [0.4, 0.5) is 0 Å². The molecular weight excluding hydrogens is 234 g/mol. The molecule has 0 aromatic heterocycles. The zero-order valence-electron chi connectivity index (χ0n) is 11.4. The Labute approximate surface area is 108 Å². The van der Waals surface area contributed by atoms with Gasteiger partial charge < -0.3 is 14.7 Å². The van der Waals surface area contributed by atoms with E-state index in [4.69, 9.17) is 9.84 Å². The summed E-state index contributed by atoms with van der Waals surface area (Å²) in [5.41, 5.74) is -0.512. The standard InChI is InChI=1S/C13H23NO4/c1-13(2,3)18-12(17)7-6-11(16)14-8-4-5-10(14)9-15/h10,15H,4-9H2,1-3H3/t10-/m0/s1. The Hall–Kier alpha value is -1.10. The maximum Gasteiger partial charge on any atom is 0.306 e. The molecule has 104 valence electrons. The van der Waals surface area contributed by atoms with Gasteiger partial charge >= 0.3 is 5.97 Å². The quantitative estimate of drug-likeness (QED) is 0.766. The van der Waals surface area contributed by atoms with E-state index in [9.17, 15) is 9.59 Å². The minimum atomic E-state index is -0.512. The highest BCUT2D eigenvalue weighted by molar-refractivity contribution is 5.81. The zero-order chi connectivity index (χ0) is 13.8. The molecule has 0 aliphatic carbocycles. The average Bonchev–Trinajstić information content (AvgIpc) is 2.71. The Kier molecular flexibility index (Phi) is 5.14. The van der Waals surface area contributed by atoms with Crippen LogP contribution in [0.1, 0.15) is 46.5 Å². The molecule has 1 aliphatic rings. The summed E-state index contributed by atoms with van der Waals surface area (Å²) in [5.74, 6) is -0.423. The van der Waals surface area contributed by atoms with Gasteiger partial charge in [0.1, 0.15) is 5.60 Å². The lowest BCUT2D eigenvalue weighted by atomic mass is 10.2. The van der Waals surface area contributed by atoms with Gasteiger partial charge in [-0.15, -0.1) is 0 Å². The topological polar surface area (TPSA) is 66.8 Å². The van der Waals surface area contributed by atoms with Crippen LogP contribution in [0.25, 0.3) is 0 Å². The van der Waals surface area contributed by atoms with Crippen LogP contribution in [-0.4, -0.2) is 46.7 Å². The van der Waals surface area contributed by atoms with E-state index in [1.54, 1.807) is 25.7 Å². The van der Waals surface area contributed by atoms with Gasteiger partial charge in [-0.1, -0.05) is 0 Å². The molecule has 0 spiro atoms. The molecule has 5 nitrogen and oxygen atoms in total. The Morgan fingerprint density at radius 1 is 1.33 bits per heavy atom. The number of esters is 1. The number of ether oxygens (including phenoxy) is 1. The van der Waals surface area contributed by atoms with Crippen LogP contribution in [0.15, 0.2) is 0 Å². The fourth-order valence-corrected chi connectivity index (χ4v) is 2.10. The molecule has 1 N–H and O–H groups in total. The summed E-state index contributed by atoms with van der Waals surface area (Å²) in [6.07, 6.45) is 2.02. The van der Waals surface area contributed by atoms with Crippen molar-refractivity contribution in [3.05, 3.63) is 0 Å². The first-order valence-electron chi connectivity index (χ1n) is 6.45. The van der Waals surface area contributed by atoms with Crippen LogP contribution >= 0.6 is 0 Å². The first-order chi connectivity index (χ1) is 8.33. The third-order valence-corrected chi connectivity index (χ3v) is 2.87. The van der Waals surface area contributed by atoms with E-state index in [-0.39, 0.29) is 37.4 Å². The monoisotopic (exact) mass is 257 g/mol. The van der Waals surface area contributed by atoms with Gasteiger partial charge in [-0.25, -0.2) is 0 Å². The molecule has 1 aliphatic heterocycles. The lowest BCUT2D eigenvalue weighted by Gasteiger charge is -2.23. The fraction of sp³-hybridized carbons (Fsp3) is 0.846. The van der Waals surface area contributed by atoms with E-state index in [0.29, 0.717) is 6.54 Å². The lowest BCUT2D eigenvalue weighted by molar-refractivity contribution is -0.156. The fourth-order valence-electron chi connectivity index (χ4n) is 2.10. The lowest BCUT2D eigenvalue weighted by Crippen LogP contribution is -2.38. The predicted octanol–water partition coefficient (Wildman–Crippen LogP) is 1.09. The highest BCUT2D eigenvalue weighted by atomic mass is 16.6. The number of amides is 1. The van der Waals surface area contributed by atoms with Crippen molar-refractivity contribution in [2.24, 2.45) is 0 Å². The minimum Gasteiger partial charge on any atom is -0.460 e. The Morgan fingerprint density at radius 3 is 2.56 bits per heavy atom. The van der Waals surface area contributed by atoms with Gasteiger partial charge in [-0.2, -0.15) is 0 Å². The van der Waals surface area contributed by atoms with Crippen molar-refractivity contribution in [3.8, 4) is 0 Å². The van der Waals surface area contributed by atoms with Gasteiger partial charge in [0.25, 0.3) is 0 Å². The number of likely N-dealkylation sites (tertiary alicyclic amines) is 1. The molecule has 1 atom stereocenters. The van der Waals surface area contributed by atoms with E-state index in [0.717, 1.165) is 12.8 Å². The Balaban J connectivity index is 2.35. The van der Waals surface area contributed by atoms with Gasteiger partial charge in [-0.05, 0) is 33.6 Å². The van der Waals surface area contributed by atoms with Crippen LogP contribution in [0.5, 0.6) is 0 Å². The van der Waals surface area contributed by atoms with Crippen molar-refractivity contribution in [2.75, 3.05) is 13.2 Å². The summed E-state index contributed by atoms with van der Waals surface area (Å²) >= 11 is 0. The molecule has 1 amide bonds. The largest absolute Gasteiger partial charge is 0.460 e. The maximum atomic E-state index is 11.9. The summed E-state index contributed by atoms with van der Waals surface area (Å²) in [7, 11) is 0. The summed E-state index contributed by atoms with van der Waals surface area (Å²) in [5, 5.41) is 9.13. The molecule has 0 aromatic carbocycles. The predicted molar refractivity (Wildman–Crippen MR) is 66.9 cm³/mol. The number of carbonyl (C=O) groups excluding carboxylic acids is 2. The molecule has 1 rings (SSSR count). The molecule has 1 fully saturated rings. The molecule has 5 heteroatoms. The van der Waals surface area contributed by atoms with E-state index in [2.05, 4.69) is 0 Å². The van der Waals surface area contributed by atoms with E-state index >= 15 is 0 Å². The average molecular weight is 257 g/mol. The molecule has 1 saturated heterocycles. The number of rotatable bonds is 4. The highest BCUT2D eigenvalue weighted by Gasteiger charge is 2.28. The van der Waals surface area contributed by atoms with E-state index in [1.807, 2.05) is 0 Å². The number of aliphatic hydroxyl groups excluding tert-OH is 1. The molecule has 0 bridgehead atoms. The minimum absolute atomic E-state index is 0.00181. The smallest absolute Gasteiger partial charge is 0.306 e. The molecule has 0 radical (unpaired) electrons. The normalized spacial score (nSPS) is 20.0. The van der Waals surface area contributed by atoms with Gasteiger partial charge in [0.2, 0.25) is 5.91 Å². The summed E-state index contributed by atoms with van der Waals surface area (Å²) in [6.45, 7) is 6.08. The molecule has 1 heterocycles. The number of hydrogen-bond donors (Lipinski definition) is 1. The first-order valence-corrected chi connectivity index (χ1v) is 6.45. The Morgan fingerprint density at radius 2 is 2.00 bits per heavy atom. The second kappa shape index (κ2) is 6.18. The third-order valence-electron chi connectivity index (χ3n) is 2.87. The van der Waals surface area contributed by atoms with Crippen LogP contribution in [0.3, 0.4) is 0 Å².